The number of likely N-dealkylation sites (tertiary alicyclic amines) is 1. The monoisotopic (exact) mass is 555 g/mol. The lowest BCUT2D eigenvalue weighted by Crippen LogP contribution is -2.52. The molecule has 1 N–H and O–H groups in total. The molecule has 2 fully saturated rings. The van der Waals surface area contributed by atoms with E-state index in [-0.39, 0.29) is 30.0 Å². The first-order valence-corrected chi connectivity index (χ1v) is 14.6. The number of fused-ring (bicyclic) bond motifs is 2. The van der Waals surface area contributed by atoms with E-state index in [4.69, 9.17) is 0 Å². The Hall–Kier alpha value is -3.89. The van der Waals surface area contributed by atoms with Gasteiger partial charge in [0, 0.05) is 36.0 Å². The van der Waals surface area contributed by atoms with Crippen LogP contribution in [0.4, 0.5) is 5.82 Å². The summed E-state index contributed by atoms with van der Waals surface area (Å²) in [7, 11) is 0. The van der Waals surface area contributed by atoms with Crippen LogP contribution in [0.15, 0.2) is 47.8 Å². The van der Waals surface area contributed by atoms with Gasteiger partial charge in [0.15, 0.2) is 0 Å². The fourth-order valence-corrected chi connectivity index (χ4v) is 7.02. The number of hydrogen-bond acceptors (Lipinski definition) is 7. The maximum absolute atomic E-state index is 13.0. The summed E-state index contributed by atoms with van der Waals surface area (Å²) in [6.45, 7) is 3.70. The van der Waals surface area contributed by atoms with Crippen molar-refractivity contribution < 1.29 is 19.2 Å². The zero-order valence-electron chi connectivity index (χ0n) is 22.0. The molecule has 1 unspecified atom stereocenters. The van der Waals surface area contributed by atoms with Crippen LogP contribution in [0, 0.1) is 0 Å². The quantitative estimate of drug-likeness (QED) is 0.484. The number of imide groups is 1. The van der Waals surface area contributed by atoms with Gasteiger partial charge in [0.25, 0.3) is 11.8 Å². The number of rotatable bonds is 5. The van der Waals surface area contributed by atoms with Crippen LogP contribution in [0.1, 0.15) is 74.6 Å². The largest absolute Gasteiger partial charge is 0.322 e. The van der Waals surface area contributed by atoms with E-state index >= 15 is 0 Å². The summed E-state index contributed by atoms with van der Waals surface area (Å²) in [5.74, 6) is 0.363. The second kappa shape index (κ2) is 9.94. The predicted octanol–water partition coefficient (Wildman–Crippen LogP) is 3.44. The van der Waals surface area contributed by atoms with Crippen LogP contribution in [0.2, 0.25) is 0 Å². The Morgan fingerprint density at radius 3 is 2.50 bits per heavy atom. The highest BCUT2D eigenvalue weighted by Crippen LogP contribution is 2.34. The number of nitrogens with zero attached hydrogens (tertiary/aromatic N) is 4. The topological polar surface area (TPSA) is 103 Å². The summed E-state index contributed by atoms with van der Waals surface area (Å²) in [4.78, 5) is 55.7. The standard InChI is InChI=1S/C30H29N5O4S/c36-27-6-5-25(28(37)31-27)34-17-22-14-20(3-4-23(22)29(34)38)19-7-10-33(11-8-19)15-18-1-2-21-16-35(26-9-12-40-32-26)30(39)24(21)13-18/h1-4,9,12-14,19,25H,5-8,10-11,15-17H2,(H,31,36,37). The first-order chi connectivity index (χ1) is 19.4. The molecule has 5 heterocycles. The summed E-state index contributed by atoms with van der Waals surface area (Å²) in [5, 5.41) is 4.25. The molecule has 0 aliphatic carbocycles. The SMILES string of the molecule is O=C1CCC(N2Cc3cc(C4CCN(Cc5ccc6c(c5)C(=O)N(c5ccsn5)C6)CC4)ccc3C2=O)C(=O)N1. The Bertz CT molecular complexity index is 1530. The molecule has 204 valence electrons. The minimum atomic E-state index is -0.589. The van der Waals surface area contributed by atoms with Gasteiger partial charge < -0.3 is 4.90 Å². The van der Waals surface area contributed by atoms with Gasteiger partial charge in [-0.2, -0.15) is 4.37 Å². The zero-order chi connectivity index (χ0) is 27.4. The summed E-state index contributed by atoms with van der Waals surface area (Å²) in [6.07, 6.45) is 2.67. The van der Waals surface area contributed by atoms with Crippen LogP contribution in [0.3, 0.4) is 0 Å². The molecule has 1 aromatic heterocycles. The number of hydrogen-bond donors (Lipinski definition) is 1. The van der Waals surface area contributed by atoms with Crippen molar-refractivity contribution in [2.24, 2.45) is 0 Å². The molecule has 0 saturated carbocycles. The molecule has 0 radical (unpaired) electrons. The lowest BCUT2D eigenvalue weighted by Gasteiger charge is -2.32. The van der Waals surface area contributed by atoms with Crippen molar-refractivity contribution in [3.8, 4) is 0 Å². The van der Waals surface area contributed by atoms with Crippen molar-refractivity contribution in [2.45, 2.75) is 57.3 Å². The molecule has 10 heteroatoms. The third kappa shape index (κ3) is 4.41. The van der Waals surface area contributed by atoms with E-state index in [1.165, 1.54) is 17.1 Å². The molecule has 9 nitrogen and oxygen atoms in total. The Morgan fingerprint density at radius 1 is 0.875 bits per heavy atom. The van der Waals surface area contributed by atoms with Crippen LogP contribution in [0.5, 0.6) is 0 Å². The van der Waals surface area contributed by atoms with Gasteiger partial charge in [-0.3, -0.25) is 34.3 Å². The molecule has 1 atom stereocenters. The Kier molecular flexibility index (Phi) is 6.24. The van der Waals surface area contributed by atoms with Crippen molar-refractivity contribution in [1.82, 2.24) is 19.5 Å². The molecule has 4 aliphatic heterocycles. The normalized spacial score (nSPS) is 21.6. The maximum Gasteiger partial charge on any atom is 0.260 e. The summed E-state index contributed by atoms with van der Waals surface area (Å²) >= 11 is 1.35. The molecule has 0 spiro atoms. The number of anilines is 1. The van der Waals surface area contributed by atoms with Crippen LogP contribution >= 0.6 is 11.5 Å². The number of aromatic nitrogens is 1. The lowest BCUT2D eigenvalue weighted by molar-refractivity contribution is -0.136. The second-order valence-corrected chi connectivity index (χ2v) is 11.8. The zero-order valence-corrected chi connectivity index (χ0v) is 22.8. The van der Waals surface area contributed by atoms with Gasteiger partial charge in [0.1, 0.15) is 11.9 Å². The maximum atomic E-state index is 13.0. The number of nitrogens with one attached hydrogen (secondary N) is 1. The number of amides is 4. The summed E-state index contributed by atoms with van der Waals surface area (Å²) < 4.78 is 4.33. The van der Waals surface area contributed by atoms with Crippen molar-refractivity contribution in [1.29, 1.82) is 0 Å². The predicted molar refractivity (Wildman–Crippen MR) is 149 cm³/mol. The van der Waals surface area contributed by atoms with Gasteiger partial charge in [-0.25, -0.2) is 0 Å². The molecule has 2 saturated heterocycles. The molecular weight excluding hydrogens is 526 g/mol. The smallest absolute Gasteiger partial charge is 0.260 e. The van der Waals surface area contributed by atoms with E-state index in [1.807, 2.05) is 23.6 Å². The highest BCUT2D eigenvalue weighted by molar-refractivity contribution is 7.03. The lowest BCUT2D eigenvalue weighted by atomic mass is 9.87. The average Bonchev–Trinajstić information content (AvgIpc) is 3.68. The minimum Gasteiger partial charge on any atom is -0.322 e. The van der Waals surface area contributed by atoms with Gasteiger partial charge in [-0.15, -0.1) is 0 Å². The number of carbonyl (C=O) groups excluding carboxylic acids is 4. The molecular formula is C30H29N5O4S. The molecule has 2 aromatic carbocycles. The Labute approximate surface area is 235 Å². The van der Waals surface area contributed by atoms with Crippen LogP contribution < -0.4 is 10.2 Å². The fourth-order valence-electron chi connectivity index (χ4n) is 6.51. The van der Waals surface area contributed by atoms with Crippen molar-refractivity contribution >= 4 is 41.0 Å². The first-order valence-electron chi connectivity index (χ1n) is 13.8. The van der Waals surface area contributed by atoms with E-state index in [9.17, 15) is 19.2 Å². The molecule has 0 bridgehead atoms. The average molecular weight is 556 g/mol. The molecule has 7 rings (SSSR count). The summed E-state index contributed by atoms with van der Waals surface area (Å²) in [5.41, 5.74) is 5.83. The van der Waals surface area contributed by atoms with Crippen LogP contribution in [-0.2, 0) is 29.2 Å². The van der Waals surface area contributed by atoms with Crippen molar-refractivity contribution in [3.63, 3.8) is 0 Å². The van der Waals surface area contributed by atoms with Gasteiger partial charge >= 0.3 is 0 Å². The number of carbonyl (C=O) groups is 4. The first kappa shape index (κ1) is 25.1. The molecule has 3 aromatic rings. The fraction of sp³-hybridized carbons (Fsp3) is 0.367. The highest BCUT2D eigenvalue weighted by Gasteiger charge is 2.39. The van der Waals surface area contributed by atoms with E-state index in [0.717, 1.165) is 60.5 Å². The Morgan fingerprint density at radius 2 is 1.73 bits per heavy atom. The number of piperidine rings is 2. The van der Waals surface area contributed by atoms with E-state index in [1.54, 1.807) is 9.80 Å². The van der Waals surface area contributed by atoms with E-state index in [2.05, 4.69) is 38.9 Å². The van der Waals surface area contributed by atoms with Crippen LogP contribution in [-0.4, -0.2) is 56.9 Å². The molecule has 40 heavy (non-hydrogen) atoms. The van der Waals surface area contributed by atoms with Crippen LogP contribution in [0.25, 0.3) is 0 Å². The highest BCUT2D eigenvalue weighted by atomic mass is 32.1. The van der Waals surface area contributed by atoms with E-state index in [0.29, 0.717) is 31.0 Å². The van der Waals surface area contributed by atoms with Gasteiger partial charge in [0.05, 0.1) is 6.54 Å². The van der Waals surface area contributed by atoms with Gasteiger partial charge in [-0.05, 0) is 90.3 Å². The third-order valence-corrected chi connectivity index (χ3v) is 9.24. The van der Waals surface area contributed by atoms with Gasteiger partial charge in [0.2, 0.25) is 11.8 Å². The Balaban J connectivity index is 0.976. The molecule has 4 amide bonds. The van der Waals surface area contributed by atoms with Crippen molar-refractivity contribution in [3.05, 3.63) is 81.2 Å². The summed E-state index contributed by atoms with van der Waals surface area (Å²) in [6, 6.07) is 13.6. The van der Waals surface area contributed by atoms with E-state index < -0.39 is 6.04 Å². The second-order valence-electron chi connectivity index (χ2n) is 11.1. The third-order valence-electron chi connectivity index (χ3n) is 8.69. The van der Waals surface area contributed by atoms with Crippen molar-refractivity contribution in [2.75, 3.05) is 18.0 Å². The van der Waals surface area contributed by atoms with Gasteiger partial charge in [-0.1, -0.05) is 24.3 Å². The number of benzene rings is 2. The minimum absolute atomic E-state index is 0.0210. The molecule has 4 aliphatic rings.